The first kappa shape index (κ1) is 27.7. The summed E-state index contributed by atoms with van der Waals surface area (Å²) >= 11 is 0. The Hall–Kier alpha value is -4.14. The van der Waals surface area contributed by atoms with Gasteiger partial charge in [0.05, 0.1) is 12.1 Å². The van der Waals surface area contributed by atoms with Crippen LogP contribution in [-0.4, -0.2) is 61.2 Å². The van der Waals surface area contributed by atoms with Crippen LogP contribution in [0, 0.1) is 6.92 Å². The fourth-order valence-corrected chi connectivity index (χ4v) is 7.15. The molecular weight excluding hydrogens is 534 g/mol. The van der Waals surface area contributed by atoms with Crippen LogP contribution in [0.25, 0.3) is 10.9 Å². The van der Waals surface area contributed by atoms with Gasteiger partial charge in [-0.3, -0.25) is 14.6 Å². The summed E-state index contributed by atoms with van der Waals surface area (Å²) in [6.45, 7) is 5.40. The number of hydrogen-bond acceptors (Lipinski definition) is 6. The van der Waals surface area contributed by atoms with Crippen LogP contribution in [0.1, 0.15) is 78.3 Å². The zero-order valence-corrected chi connectivity index (χ0v) is 24.8. The summed E-state index contributed by atoms with van der Waals surface area (Å²) in [7, 11) is 0. The van der Waals surface area contributed by atoms with E-state index in [0.717, 1.165) is 61.3 Å². The van der Waals surface area contributed by atoms with Gasteiger partial charge in [0.25, 0.3) is 5.56 Å². The van der Waals surface area contributed by atoms with Gasteiger partial charge in [0.15, 0.2) is 5.82 Å². The van der Waals surface area contributed by atoms with E-state index in [4.69, 9.17) is 0 Å². The van der Waals surface area contributed by atoms with Gasteiger partial charge in [-0.15, -0.1) is 5.10 Å². The maximum absolute atomic E-state index is 13.8. The molecule has 220 valence electrons. The SMILES string of the molecule is Cc1ccc2[nH]c(=O)c([C@@H](c3nnnn3C3CCCCC3)N3CCN(C(c4ccccc4)c4ccccc4)CC3)cc2c1. The summed E-state index contributed by atoms with van der Waals surface area (Å²) in [5.41, 5.74) is 5.23. The number of rotatable bonds is 7. The van der Waals surface area contributed by atoms with E-state index in [1.54, 1.807) is 0 Å². The molecule has 2 fully saturated rings. The number of aryl methyl sites for hydroxylation is 1. The molecule has 0 bridgehead atoms. The Labute approximate surface area is 252 Å². The van der Waals surface area contributed by atoms with Gasteiger partial charge in [-0.05, 0) is 64.9 Å². The van der Waals surface area contributed by atoms with E-state index in [0.29, 0.717) is 5.56 Å². The Morgan fingerprint density at radius 3 is 2.05 bits per heavy atom. The van der Waals surface area contributed by atoms with Gasteiger partial charge in [0.2, 0.25) is 0 Å². The molecule has 1 aliphatic carbocycles. The molecule has 0 radical (unpaired) electrons. The van der Waals surface area contributed by atoms with E-state index in [1.807, 2.05) is 16.8 Å². The van der Waals surface area contributed by atoms with Crippen LogP contribution in [0.3, 0.4) is 0 Å². The summed E-state index contributed by atoms with van der Waals surface area (Å²) in [6, 6.07) is 29.9. The number of pyridine rings is 1. The average Bonchev–Trinajstić information content (AvgIpc) is 3.53. The van der Waals surface area contributed by atoms with Crippen molar-refractivity contribution in [3.05, 3.63) is 123 Å². The molecule has 3 aromatic carbocycles. The quantitative estimate of drug-likeness (QED) is 0.264. The van der Waals surface area contributed by atoms with Crippen molar-refractivity contribution in [2.24, 2.45) is 0 Å². The lowest BCUT2D eigenvalue weighted by molar-refractivity contribution is 0.0845. The Bertz CT molecular complexity index is 1680. The summed E-state index contributed by atoms with van der Waals surface area (Å²) in [4.78, 5) is 21.9. The third kappa shape index (κ3) is 5.65. The molecule has 8 nitrogen and oxygen atoms in total. The number of benzene rings is 3. The van der Waals surface area contributed by atoms with Crippen molar-refractivity contribution in [2.75, 3.05) is 26.2 Å². The van der Waals surface area contributed by atoms with Crippen LogP contribution in [0.2, 0.25) is 0 Å². The van der Waals surface area contributed by atoms with E-state index in [9.17, 15) is 4.79 Å². The minimum absolute atomic E-state index is 0.0755. The highest BCUT2D eigenvalue weighted by molar-refractivity contribution is 5.79. The molecule has 1 saturated carbocycles. The monoisotopic (exact) mass is 573 g/mol. The molecule has 8 heteroatoms. The van der Waals surface area contributed by atoms with Crippen LogP contribution < -0.4 is 5.56 Å². The maximum Gasteiger partial charge on any atom is 0.253 e. The number of aromatic amines is 1. The molecular formula is C35H39N7O. The molecule has 3 heterocycles. The number of fused-ring (bicyclic) bond motifs is 1. The van der Waals surface area contributed by atoms with E-state index < -0.39 is 0 Å². The van der Waals surface area contributed by atoms with Crippen LogP contribution in [0.5, 0.6) is 0 Å². The molecule has 1 saturated heterocycles. The molecule has 1 atom stereocenters. The molecule has 7 rings (SSSR count). The summed E-state index contributed by atoms with van der Waals surface area (Å²) in [5.74, 6) is 0.778. The van der Waals surface area contributed by atoms with Crippen molar-refractivity contribution in [3.63, 3.8) is 0 Å². The van der Waals surface area contributed by atoms with Gasteiger partial charge in [-0.1, -0.05) is 91.6 Å². The highest BCUT2D eigenvalue weighted by Crippen LogP contribution is 2.35. The molecule has 0 spiro atoms. The molecule has 1 N–H and O–H groups in total. The Balaban J connectivity index is 1.25. The predicted octanol–water partition coefficient (Wildman–Crippen LogP) is 5.82. The van der Waals surface area contributed by atoms with E-state index in [-0.39, 0.29) is 23.7 Å². The molecule has 2 aromatic heterocycles. The minimum atomic E-state index is -0.334. The summed E-state index contributed by atoms with van der Waals surface area (Å²) < 4.78 is 2.03. The van der Waals surface area contributed by atoms with Gasteiger partial charge in [-0.25, -0.2) is 4.68 Å². The molecule has 43 heavy (non-hydrogen) atoms. The van der Waals surface area contributed by atoms with E-state index >= 15 is 0 Å². The van der Waals surface area contributed by atoms with Crippen LogP contribution in [-0.2, 0) is 0 Å². The highest BCUT2D eigenvalue weighted by Gasteiger charge is 2.36. The topological polar surface area (TPSA) is 82.9 Å². The fourth-order valence-electron chi connectivity index (χ4n) is 7.15. The molecule has 2 aliphatic rings. The van der Waals surface area contributed by atoms with Gasteiger partial charge in [0.1, 0.15) is 6.04 Å². The number of aromatic nitrogens is 5. The largest absolute Gasteiger partial charge is 0.322 e. The van der Waals surface area contributed by atoms with Crippen LogP contribution in [0.15, 0.2) is 89.7 Å². The van der Waals surface area contributed by atoms with Gasteiger partial charge in [0, 0.05) is 37.3 Å². The first-order chi connectivity index (χ1) is 21.2. The maximum atomic E-state index is 13.8. The number of nitrogens with zero attached hydrogens (tertiary/aromatic N) is 6. The molecule has 0 amide bonds. The van der Waals surface area contributed by atoms with Crippen molar-refractivity contribution in [3.8, 4) is 0 Å². The number of piperazine rings is 1. The fraction of sp³-hybridized carbons (Fsp3) is 0.371. The Morgan fingerprint density at radius 2 is 1.40 bits per heavy atom. The Morgan fingerprint density at radius 1 is 0.767 bits per heavy atom. The van der Waals surface area contributed by atoms with Gasteiger partial charge < -0.3 is 4.98 Å². The van der Waals surface area contributed by atoms with Crippen molar-refractivity contribution in [1.82, 2.24) is 35.0 Å². The van der Waals surface area contributed by atoms with Gasteiger partial charge >= 0.3 is 0 Å². The molecule has 0 unspecified atom stereocenters. The standard InChI is InChI=1S/C35H39N7O/c1-25-17-18-31-28(23-25)24-30(35(43)36-31)33(34-37-38-39-42(34)29-15-9-4-10-16-29)41-21-19-40(20-22-41)32(26-11-5-2-6-12-26)27-13-7-3-8-14-27/h2-3,5-8,11-14,17-18,23-24,29,32-33H,4,9-10,15-16,19-22H2,1H3,(H,36,43)/t33-/m0/s1. The number of tetrazole rings is 1. The second kappa shape index (κ2) is 12.2. The zero-order valence-electron chi connectivity index (χ0n) is 24.8. The lowest BCUT2D eigenvalue weighted by atomic mass is 9.94. The summed E-state index contributed by atoms with van der Waals surface area (Å²) in [5, 5.41) is 14.4. The van der Waals surface area contributed by atoms with Crippen molar-refractivity contribution in [2.45, 2.75) is 57.2 Å². The average molecular weight is 574 g/mol. The lowest BCUT2D eigenvalue weighted by Crippen LogP contribution is -2.50. The first-order valence-corrected chi connectivity index (χ1v) is 15.6. The zero-order chi connectivity index (χ0) is 29.2. The number of H-pyrrole nitrogens is 1. The first-order valence-electron chi connectivity index (χ1n) is 15.6. The second-order valence-electron chi connectivity index (χ2n) is 12.1. The summed E-state index contributed by atoms with van der Waals surface area (Å²) in [6.07, 6.45) is 5.77. The third-order valence-electron chi connectivity index (χ3n) is 9.32. The van der Waals surface area contributed by atoms with Crippen molar-refractivity contribution >= 4 is 10.9 Å². The van der Waals surface area contributed by atoms with Crippen LogP contribution in [0.4, 0.5) is 0 Å². The molecule has 1 aliphatic heterocycles. The van der Waals surface area contributed by atoms with Crippen molar-refractivity contribution < 1.29 is 0 Å². The number of hydrogen-bond donors (Lipinski definition) is 1. The number of nitrogens with one attached hydrogen (secondary N) is 1. The molecule has 5 aromatic rings. The smallest absolute Gasteiger partial charge is 0.253 e. The third-order valence-corrected chi connectivity index (χ3v) is 9.32. The predicted molar refractivity (Wildman–Crippen MR) is 169 cm³/mol. The minimum Gasteiger partial charge on any atom is -0.322 e. The lowest BCUT2D eigenvalue weighted by Gasteiger charge is -2.42. The normalized spacial score (nSPS) is 17.9. The second-order valence-corrected chi connectivity index (χ2v) is 12.1. The van der Waals surface area contributed by atoms with Crippen LogP contribution >= 0.6 is 0 Å². The van der Waals surface area contributed by atoms with E-state index in [1.165, 1.54) is 30.4 Å². The van der Waals surface area contributed by atoms with Crippen molar-refractivity contribution in [1.29, 1.82) is 0 Å². The highest BCUT2D eigenvalue weighted by atomic mass is 16.1. The van der Waals surface area contributed by atoms with Gasteiger partial charge in [-0.2, -0.15) is 0 Å². The van der Waals surface area contributed by atoms with E-state index in [2.05, 4.69) is 110 Å². The Kier molecular flexibility index (Phi) is 7.87.